The second-order valence-electron chi connectivity index (χ2n) is 5.40. The lowest BCUT2D eigenvalue weighted by Gasteiger charge is -2.12. The second kappa shape index (κ2) is 7.90. The molecule has 0 bridgehead atoms. The summed E-state index contributed by atoms with van der Waals surface area (Å²) >= 11 is 1.39. The number of nitrogens with zero attached hydrogens (tertiary/aromatic N) is 2. The normalized spacial score (nSPS) is 10.5. The minimum atomic E-state index is -0.0612. The van der Waals surface area contributed by atoms with Gasteiger partial charge in [-0.15, -0.1) is 0 Å². The van der Waals surface area contributed by atoms with E-state index in [-0.39, 0.29) is 11.7 Å². The Morgan fingerprint density at radius 2 is 1.96 bits per heavy atom. The number of carbonyl (C=O) groups is 1. The molecule has 0 spiro atoms. The Hall–Kier alpha value is -2.73. The lowest BCUT2D eigenvalue weighted by Crippen LogP contribution is -2.15. The Kier molecular flexibility index (Phi) is 5.40. The first-order valence-electron chi connectivity index (χ1n) is 7.84. The van der Waals surface area contributed by atoms with Crippen molar-refractivity contribution in [1.29, 1.82) is 0 Å². The predicted octanol–water partition coefficient (Wildman–Crippen LogP) is 3.92. The predicted molar refractivity (Wildman–Crippen MR) is 101 cm³/mol. The van der Waals surface area contributed by atoms with Crippen molar-refractivity contribution in [3.05, 3.63) is 66.5 Å². The number of benzene rings is 2. The summed E-state index contributed by atoms with van der Waals surface area (Å²) in [5, 5.41) is 3.67. The van der Waals surface area contributed by atoms with Gasteiger partial charge in [-0.25, -0.2) is 4.98 Å². The number of nitrogens with one attached hydrogen (secondary N) is 1. The summed E-state index contributed by atoms with van der Waals surface area (Å²) < 4.78 is 7.33. The number of hydrogen-bond donors (Lipinski definition) is 1. The Morgan fingerprint density at radius 1 is 1.20 bits per heavy atom. The number of imidazole rings is 1. The van der Waals surface area contributed by atoms with Crippen LogP contribution in [-0.4, -0.2) is 28.3 Å². The van der Waals surface area contributed by atoms with Gasteiger partial charge in [-0.05, 0) is 30.7 Å². The van der Waals surface area contributed by atoms with Crippen molar-refractivity contribution < 1.29 is 9.53 Å². The van der Waals surface area contributed by atoms with Crippen molar-refractivity contribution in [3.63, 3.8) is 0 Å². The highest BCUT2D eigenvalue weighted by Crippen LogP contribution is 2.27. The number of carbonyl (C=O) groups excluding carboxylic acids is 1. The van der Waals surface area contributed by atoms with E-state index in [2.05, 4.69) is 10.3 Å². The van der Waals surface area contributed by atoms with E-state index in [1.807, 2.05) is 66.2 Å². The summed E-state index contributed by atoms with van der Waals surface area (Å²) in [5.74, 6) is 0.973. The number of para-hydroxylation sites is 3. The molecule has 1 N–H and O–H groups in total. The van der Waals surface area contributed by atoms with Gasteiger partial charge in [-0.1, -0.05) is 42.1 Å². The molecule has 5 nitrogen and oxygen atoms in total. The number of hydrogen-bond acceptors (Lipinski definition) is 4. The van der Waals surface area contributed by atoms with Gasteiger partial charge < -0.3 is 10.1 Å². The molecule has 128 valence electrons. The lowest BCUT2D eigenvalue weighted by molar-refractivity contribution is -0.113. The first kappa shape index (κ1) is 17.1. The zero-order valence-corrected chi connectivity index (χ0v) is 14.9. The molecule has 0 aliphatic carbocycles. The van der Waals surface area contributed by atoms with Crippen LogP contribution in [0.25, 0.3) is 5.69 Å². The molecular weight excluding hydrogens is 334 g/mol. The van der Waals surface area contributed by atoms with E-state index >= 15 is 0 Å². The molecule has 3 rings (SSSR count). The van der Waals surface area contributed by atoms with Crippen molar-refractivity contribution >= 4 is 23.4 Å². The van der Waals surface area contributed by atoms with Crippen LogP contribution in [-0.2, 0) is 4.79 Å². The molecule has 0 fully saturated rings. The van der Waals surface area contributed by atoms with E-state index in [0.717, 1.165) is 27.8 Å². The molecule has 0 aliphatic heterocycles. The number of anilines is 1. The van der Waals surface area contributed by atoms with Crippen LogP contribution in [0.4, 0.5) is 5.69 Å². The molecule has 0 radical (unpaired) electrons. The van der Waals surface area contributed by atoms with Gasteiger partial charge in [-0.3, -0.25) is 9.36 Å². The van der Waals surface area contributed by atoms with E-state index in [0.29, 0.717) is 0 Å². The van der Waals surface area contributed by atoms with Crippen LogP contribution >= 0.6 is 11.8 Å². The van der Waals surface area contributed by atoms with Crippen LogP contribution in [0.3, 0.4) is 0 Å². The van der Waals surface area contributed by atoms with Gasteiger partial charge >= 0.3 is 0 Å². The molecule has 0 saturated carbocycles. The molecule has 0 saturated heterocycles. The average Bonchev–Trinajstić information content (AvgIpc) is 3.10. The molecule has 0 unspecified atom stereocenters. The maximum absolute atomic E-state index is 12.2. The lowest BCUT2D eigenvalue weighted by atomic mass is 10.2. The van der Waals surface area contributed by atoms with Crippen LogP contribution in [0.15, 0.2) is 66.1 Å². The molecule has 1 heterocycles. The van der Waals surface area contributed by atoms with Crippen molar-refractivity contribution in [2.75, 3.05) is 18.2 Å². The third kappa shape index (κ3) is 4.03. The molecule has 25 heavy (non-hydrogen) atoms. The maximum atomic E-state index is 12.2. The molecule has 3 aromatic rings. The Labute approximate surface area is 151 Å². The average molecular weight is 353 g/mol. The fraction of sp³-hybridized carbons (Fsp3) is 0.158. The summed E-state index contributed by atoms with van der Waals surface area (Å²) in [6.45, 7) is 1.97. The van der Waals surface area contributed by atoms with E-state index < -0.39 is 0 Å². The van der Waals surface area contributed by atoms with E-state index in [1.165, 1.54) is 11.8 Å². The number of amides is 1. The zero-order chi connectivity index (χ0) is 17.6. The third-order valence-electron chi connectivity index (χ3n) is 3.70. The second-order valence-corrected chi connectivity index (χ2v) is 6.35. The molecule has 1 aromatic heterocycles. The summed E-state index contributed by atoms with van der Waals surface area (Å²) in [5.41, 5.74) is 2.77. The number of methoxy groups -OCH3 is 1. The number of rotatable bonds is 6. The fourth-order valence-electron chi connectivity index (χ4n) is 2.44. The van der Waals surface area contributed by atoms with Crippen LogP contribution in [0, 0.1) is 6.92 Å². The minimum absolute atomic E-state index is 0.0612. The summed E-state index contributed by atoms with van der Waals surface area (Å²) in [6.07, 6.45) is 3.58. The Morgan fingerprint density at radius 3 is 2.76 bits per heavy atom. The van der Waals surface area contributed by atoms with Gasteiger partial charge in [0, 0.05) is 18.1 Å². The Balaban J connectivity index is 1.70. The van der Waals surface area contributed by atoms with E-state index in [9.17, 15) is 4.79 Å². The minimum Gasteiger partial charge on any atom is -0.495 e. The quantitative estimate of drug-likeness (QED) is 0.683. The van der Waals surface area contributed by atoms with Gasteiger partial charge in [0.1, 0.15) is 5.75 Å². The van der Waals surface area contributed by atoms with Crippen LogP contribution in [0.1, 0.15) is 5.56 Å². The number of thioether (sulfide) groups is 1. The van der Waals surface area contributed by atoms with Gasteiger partial charge in [0.2, 0.25) is 5.91 Å². The van der Waals surface area contributed by atoms with Crippen molar-refractivity contribution in [1.82, 2.24) is 9.55 Å². The molecular formula is C19H19N3O2S. The zero-order valence-electron chi connectivity index (χ0n) is 14.1. The molecule has 0 aliphatic rings. The first-order valence-corrected chi connectivity index (χ1v) is 8.82. The smallest absolute Gasteiger partial charge is 0.234 e. The SMILES string of the molecule is COc1ccccc1-n1ccnc1SCC(=O)Nc1ccccc1C. The molecule has 6 heteroatoms. The largest absolute Gasteiger partial charge is 0.495 e. The maximum Gasteiger partial charge on any atom is 0.234 e. The van der Waals surface area contributed by atoms with E-state index in [4.69, 9.17) is 4.74 Å². The monoisotopic (exact) mass is 353 g/mol. The summed E-state index contributed by atoms with van der Waals surface area (Å²) in [6, 6.07) is 15.4. The van der Waals surface area contributed by atoms with Gasteiger partial charge in [0.05, 0.1) is 18.6 Å². The molecule has 0 atom stereocenters. The Bertz CT molecular complexity index is 876. The van der Waals surface area contributed by atoms with Gasteiger partial charge in [0.25, 0.3) is 0 Å². The highest BCUT2D eigenvalue weighted by atomic mass is 32.2. The van der Waals surface area contributed by atoms with Crippen molar-refractivity contribution in [2.45, 2.75) is 12.1 Å². The summed E-state index contributed by atoms with van der Waals surface area (Å²) in [4.78, 5) is 16.6. The third-order valence-corrected chi connectivity index (χ3v) is 4.67. The number of aromatic nitrogens is 2. The summed E-state index contributed by atoms with van der Waals surface area (Å²) in [7, 11) is 1.64. The topological polar surface area (TPSA) is 56.2 Å². The van der Waals surface area contributed by atoms with Crippen LogP contribution < -0.4 is 10.1 Å². The van der Waals surface area contributed by atoms with Crippen LogP contribution in [0.2, 0.25) is 0 Å². The van der Waals surface area contributed by atoms with Gasteiger partial charge in [-0.2, -0.15) is 0 Å². The van der Waals surface area contributed by atoms with Crippen LogP contribution in [0.5, 0.6) is 5.75 Å². The number of ether oxygens (including phenoxy) is 1. The highest BCUT2D eigenvalue weighted by molar-refractivity contribution is 7.99. The van der Waals surface area contributed by atoms with Gasteiger partial charge in [0.15, 0.2) is 5.16 Å². The highest BCUT2D eigenvalue weighted by Gasteiger charge is 2.12. The van der Waals surface area contributed by atoms with Crippen molar-refractivity contribution in [2.24, 2.45) is 0 Å². The van der Waals surface area contributed by atoms with E-state index in [1.54, 1.807) is 13.3 Å². The number of aryl methyl sites for hydroxylation is 1. The fourth-order valence-corrected chi connectivity index (χ4v) is 3.20. The first-order chi connectivity index (χ1) is 12.2. The molecule has 1 amide bonds. The van der Waals surface area contributed by atoms with Crippen molar-refractivity contribution in [3.8, 4) is 11.4 Å². The standard InChI is InChI=1S/C19H19N3O2S/c1-14-7-3-4-8-15(14)21-18(23)13-25-19-20-11-12-22(19)16-9-5-6-10-17(16)24-2/h3-12H,13H2,1-2H3,(H,21,23). The molecule has 2 aromatic carbocycles.